The zero-order valence-corrected chi connectivity index (χ0v) is 19.3. The van der Waals surface area contributed by atoms with E-state index in [9.17, 15) is 0 Å². The topological polar surface area (TPSA) is 61.4 Å². The maximum atomic E-state index is 5.46. The highest BCUT2D eigenvalue weighted by molar-refractivity contribution is 14.0. The second kappa shape index (κ2) is 18.2. The van der Waals surface area contributed by atoms with Crippen LogP contribution in [0.2, 0.25) is 0 Å². The number of rotatable bonds is 12. The highest BCUT2D eigenvalue weighted by Gasteiger charge is 2.11. The van der Waals surface area contributed by atoms with Gasteiger partial charge in [0.05, 0.1) is 13.2 Å². The summed E-state index contributed by atoms with van der Waals surface area (Å²) in [6.07, 6.45) is 3.36. The highest BCUT2D eigenvalue weighted by Crippen LogP contribution is 2.01. The minimum absolute atomic E-state index is 0. The van der Waals surface area contributed by atoms with E-state index in [0.29, 0.717) is 13.2 Å². The van der Waals surface area contributed by atoms with Crippen LogP contribution in [-0.4, -0.2) is 102 Å². The molecule has 1 aliphatic rings. The lowest BCUT2D eigenvalue weighted by molar-refractivity contribution is 0.0702. The first-order valence-corrected chi connectivity index (χ1v) is 9.76. The van der Waals surface area contributed by atoms with Gasteiger partial charge in [-0.2, -0.15) is 0 Å². The summed E-state index contributed by atoms with van der Waals surface area (Å²) in [5, 5.41) is 6.74. The molecule has 0 saturated carbocycles. The normalized spacial score (nSPS) is 16.8. The molecular weight excluding hydrogens is 445 g/mol. The Morgan fingerprint density at radius 3 is 2.65 bits per heavy atom. The number of aliphatic imine (C=N–C) groups is 1. The first kappa shape index (κ1) is 25.8. The van der Waals surface area contributed by atoms with Crippen molar-refractivity contribution >= 4 is 29.9 Å². The van der Waals surface area contributed by atoms with Crippen LogP contribution in [0.1, 0.15) is 26.2 Å². The van der Waals surface area contributed by atoms with E-state index in [0.717, 1.165) is 51.6 Å². The fourth-order valence-corrected chi connectivity index (χ4v) is 2.78. The molecule has 156 valence electrons. The fraction of sp³-hybridized carbons (Fsp3) is 0.944. The lowest BCUT2D eigenvalue weighted by atomic mass is 10.3. The van der Waals surface area contributed by atoms with E-state index in [1.807, 2.05) is 0 Å². The number of guanidine groups is 1. The quantitative estimate of drug-likeness (QED) is 0.188. The Hall–Kier alpha value is -0.160. The second-order valence-corrected chi connectivity index (χ2v) is 6.50. The molecule has 0 bridgehead atoms. The van der Waals surface area contributed by atoms with Gasteiger partial charge in [-0.15, -0.1) is 24.0 Å². The van der Waals surface area contributed by atoms with Gasteiger partial charge in [0.2, 0.25) is 0 Å². The monoisotopic (exact) mass is 485 g/mol. The van der Waals surface area contributed by atoms with Crippen LogP contribution in [0.25, 0.3) is 0 Å². The summed E-state index contributed by atoms with van der Waals surface area (Å²) < 4.78 is 10.4. The van der Waals surface area contributed by atoms with Crippen LogP contribution >= 0.6 is 24.0 Å². The predicted molar refractivity (Wildman–Crippen MR) is 120 cm³/mol. The number of methoxy groups -OCH3 is 1. The summed E-state index contributed by atoms with van der Waals surface area (Å²) in [6, 6.07) is 0. The zero-order chi connectivity index (χ0) is 18.2. The molecule has 0 atom stereocenters. The number of likely N-dealkylation sites (N-methyl/N-ethyl adjacent to an activating group) is 1. The van der Waals surface area contributed by atoms with Crippen molar-refractivity contribution in [2.24, 2.45) is 4.99 Å². The number of nitrogens with zero attached hydrogens (tertiary/aromatic N) is 3. The third-order valence-electron chi connectivity index (χ3n) is 4.25. The SMILES string of the molecule is CCNC(=NCCCOCCOC)NCCCN1CCCN(C)CC1.I. The molecule has 1 aliphatic heterocycles. The molecule has 1 fully saturated rings. The molecule has 1 saturated heterocycles. The maximum absolute atomic E-state index is 5.46. The fourth-order valence-electron chi connectivity index (χ4n) is 2.78. The van der Waals surface area contributed by atoms with Gasteiger partial charge in [-0.05, 0) is 52.9 Å². The number of hydrogen-bond acceptors (Lipinski definition) is 5. The van der Waals surface area contributed by atoms with Crippen LogP contribution in [-0.2, 0) is 9.47 Å². The Bertz CT molecular complexity index is 348. The van der Waals surface area contributed by atoms with Crippen molar-refractivity contribution in [3.63, 3.8) is 0 Å². The summed E-state index contributed by atoms with van der Waals surface area (Å²) in [5.41, 5.74) is 0. The van der Waals surface area contributed by atoms with Crippen LogP contribution in [0.5, 0.6) is 0 Å². The average Bonchev–Trinajstić information content (AvgIpc) is 2.82. The lowest BCUT2D eigenvalue weighted by Crippen LogP contribution is -2.39. The summed E-state index contributed by atoms with van der Waals surface area (Å²) in [4.78, 5) is 9.60. The zero-order valence-electron chi connectivity index (χ0n) is 17.0. The molecule has 0 aromatic carbocycles. The van der Waals surface area contributed by atoms with Crippen LogP contribution in [0.15, 0.2) is 4.99 Å². The van der Waals surface area contributed by atoms with Crippen LogP contribution in [0.3, 0.4) is 0 Å². The number of ether oxygens (including phenoxy) is 2. The Kier molecular flexibility index (Phi) is 18.1. The van der Waals surface area contributed by atoms with Gasteiger partial charge < -0.3 is 29.9 Å². The van der Waals surface area contributed by atoms with Gasteiger partial charge >= 0.3 is 0 Å². The molecule has 0 radical (unpaired) electrons. The number of halogens is 1. The largest absolute Gasteiger partial charge is 0.382 e. The molecule has 0 unspecified atom stereocenters. The Labute approximate surface area is 177 Å². The average molecular weight is 485 g/mol. The smallest absolute Gasteiger partial charge is 0.191 e. The molecule has 7 nitrogen and oxygen atoms in total. The predicted octanol–water partition coefficient (Wildman–Crippen LogP) is 1.24. The lowest BCUT2D eigenvalue weighted by Gasteiger charge is -2.20. The second-order valence-electron chi connectivity index (χ2n) is 6.50. The molecule has 1 rings (SSSR count). The van der Waals surface area contributed by atoms with Crippen molar-refractivity contribution in [2.45, 2.75) is 26.2 Å². The maximum Gasteiger partial charge on any atom is 0.191 e. The van der Waals surface area contributed by atoms with Crippen molar-refractivity contribution in [1.82, 2.24) is 20.4 Å². The molecule has 0 aromatic heterocycles. The molecule has 8 heteroatoms. The van der Waals surface area contributed by atoms with E-state index in [4.69, 9.17) is 9.47 Å². The summed E-state index contributed by atoms with van der Waals surface area (Å²) in [6.45, 7) is 12.7. The molecule has 0 aliphatic carbocycles. The summed E-state index contributed by atoms with van der Waals surface area (Å²) in [7, 11) is 3.90. The van der Waals surface area contributed by atoms with Crippen molar-refractivity contribution in [2.75, 3.05) is 86.3 Å². The van der Waals surface area contributed by atoms with Crippen LogP contribution < -0.4 is 10.6 Å². The summed E-state index contributed by atoms with van der Waals surface area (Å²) >= 11 is 0. The van der Waals surface area contributed by atoms with E-state index in [1.54, 1.807) is 7.11 Å². The number of nitrogens with one attached hydrogen (secondary N) is 2. The van der Waals surface area contributed by atoms with Crippen LogP contribution in [0.4, 0.5) is 0 Å². The van der Waals surface area contributed by atoms with Crippen molar-refractivity contribution in [3.8, 4) is 0 Å². The molecule has 0 spiro atoms. The van der Waals surface area contributed by atoms with Crippen molar-refractivity contribution < 1.29 is 9.47 Å². The van der Waals surface area contributed by atoms with Gasteiger partial charge in [0.15, 0.2) is 5.96 Å². The minimum Gasteiger partial charge on any atom is -0.382 e. The van der Waals surface area contributed by atoms with Gasteiger partial charge in [0.1, 0.15) is 0 Å². The van der Waals surface area contributed by atoms with E-state index in [1.165, 1.54) is 32.6 Å². The first-order chi connectivity index (χ1) is 12.3. The molecule has 26 heavy (non-hydrogen) atoms. The Balaban J connectivity index is 0.00000625. The van der Waals surface area contributed by atoms with E-state index in [2.05, 4.69) is 39.4 Å². The summed E-state index contributed by atoms with van der Waals surface area (Å²) in [5.74, 6) is 0.912. The first-order valence-electron chi connectivity index (χ1n) is 9.76. The van der Waals surface area contributed by atoms with Gasteiger partial charge in [0, 0.05) is 46.4 Å². The number of hydrogen-bond donors (Lipinski definition) is 2. The van der Waals surface area contributed by atoms with Crippen molar-refractivity contribution in [1.29, 1.82) is 0 Å². The van der Waals surface area contributed by atoms with E-state index in [-0.39, 0.29) is 24.0 Å². The molecule has 1 heterocycles. The third kappa shape index (κ3) is 14.0. The Morgan fingerprint density at radius 1 is 1.04 bits per heavy atom. The Morgan fingerprint density at radius 2 is 1.88 bits per heavy atom. The standard InChI is InChI=1S/C18H39N5O2.HI/c1-4-19-18(21-9-6-15-25-17-16-24-3)20-8-5-11-23-12-7-10-22(2)13-14-23;/h4-17H2,1-3H3,(H2,19,20,21);1H. The van der Waals surface area contributed by atoms with Gasteiger partial charge in [-0.3, -0.25) is 4.99 Å². The van der Waals surface area contributed by atoms with E-state index >= 15 is 0 Å². The molecular formula is C18H40IN5O2. The minimum atomic E-state index is 0. The highest BCUT2D eigenvalue weighted by atomic mass is 127. The van der Waals surface area contributed by atoms with Crippen LogP contribution in [0, 0.1) is 0 Å². The molecule has 0 amide bonds. The van der Waals surface area contributed by atoms with Gasteiger partial charge in [-0.25, -0.2) is 0 Å². The third-order valence-corrected chi connectivity index (χ3v) is 4.25. The van der Waals surface area contributed by atoms with E-state index < -0.39 is 0 Å². The van der Waals surface area contributed by atoms with Gasteiger partial charge in [0.25, 0.3) is 0 Å². The van der Waals surface area contributed by atoms with Crippen molar-refractivity contribution in [3.05, 3.63) is 0 Å². The van der Waals surface area contributed by atoms with Gasteiger partial charge in [-0.1, -0.05) is 0 Å². The molecule has 0 aromatic rings. The molecule has 2 N–H and O–H groups in total.